The van der Waals surface area contributed by atoms with Gasteiger partial charge in [-0.25, -0.2) is 22.7 Å². The molecule has 2 aromatic rings. The van der Waals surface area contributed by atoms with Crippen LogP contribution in [0.15, 0.2) is 18.2 Å². The molecule has 1 saturated heterocycles. The Hall–Kier alpha value is -1.96. The van der Waals surface area contributed by atoms with E-state index in [1.807, 2.05) is 0 Å². The Morgan fingerprint density at radius 1 is 1.43 bits per heavy atom. The second-order valence-corrected chi connectivity index (χ2v) is 7.32. The number of carbonyl (C=O) groups is 1. The van der Waals surface area contributed by atoms with Crippen molar-refractivity contribution in [3.63, 3.8) is 0 Å². The average molecular weight is 309 g/mol. The third-order valence-electron chi connectivity index (χ3n) is 3.60. The van der Waals surface area contributed by atoms with Crippen molar-refractivity contribution in [2.75, 3.05) is 18.6 Å². The summed E-state index contributed by atoms with van der Waals surface area (Å²) in [6.45, 7) is 0. The molecule has 1 unspecified atom stereocenters. The van der Waals surface area contributed by atoms with Gasteiger partial charge >= 0.3 is 5.97 Å². The predicted octanol–water partition coefficient (Wildman–Crippen LogP) is 0.808. The average Bonchev–Trinajstić information content (AvgIpc) is 2.89. The maximum Gasteiger partial charge on any atom is 0.356 e. The van der Waals surface area contributed by atoms with E-state index >= 15 is 0 Å². The molecule has 1 atom stereocenters. The van der Waals surface area contributed by atoms with E-state index in [2.05, 4.69) is 10.1 Å². The van der Waals surface area contributed by atoms with Gasteiger partial charge in [-0.2, -0.15) is 5.10 Å². The van der Waals surface area contributed by atoms with Gasteiger partial charge < -0.3 is 4.74 Å². The molecule has 21 heavy (non-hydrogen) atoms. The zero-order valence-corrected chi connectivity index (χ0v) is 12.3. The van der Waals surface area contributed by atoms with Crippen molar-refractivity contribution in [2.45, 2.75) is 18.8 Å². The van der Waals surface area contributed by atoms with Crippen molar-refractivity contribution in [2.24, 2.45) is 0 Å². The van der Waals surface area contributed by atoms with E-state index in [4.69, 9.17) is 4.74 Å². The lowest BCUT2D eigenvalue weighted by Crippen LogP contribution is -2.24. The lowest BCUT2D eigenvalue weighted by atomic mass is 10.1. The standard InChI is InChI=1S/C13H15N3O4S/c1-20-13(17)10-5-2-6-11-14-12(15-16(10)11)9-4-3-7-21(18,19)8-9/h2,5-6,9H,3-4,7-8H2,1H3. The maximum atomic E-state index is 11.7. The number of pyridine rings is 1. The number of rotatable bonds is 2. The highest BCUT2D eigenvalue weighted by atomic mass is 32.2. The quantitative estimate of drug-likeness (QED) is 0.762. The van der Waals surface area contributed by atoms with Crippen LogP contribution in [0.1, 0.15) is 35.1 Å². The highest BCUT2D eigenvalue weighted by molar-refractivity contribution is 7.91. The Morgan fingerprint density at radius 3 is 2.95 bits per heavy atom. The number of methoxy groups -OCH3 is 1. The molecule has 0 aliphatic carbocycles. The molecule has 0 aromatic carbocycles. The zero-order valence-electron chi connectivity index (χ0n) is 11.5. The number of fused-ring (bicyclic) bond motifs is 1. The molecule has 112 valence electrons. The van der Waals surface area contributed by atoms with Crippen molar-refractivity contribution in [3.05, 3.63) is 29.7 Å². The van der Waals surface area contributed by atoms with Crippen molar-refractivity contribution < 1.29 is 17.9 Å². The molecule has 0 spiro atoms. The maximum absolute atomic E-state index is 11.7. The summed E-state index contributed by atoms with van der Waals surface area (Å²) in [5, 5.41) is 4.31. The highest BCUT2D eigenvalue weighted by Crippen LogP contribution is 2.26. The summed E-state index contributed by atoms with van der Waals surface area (Å²) in [4.78, 5) is 16.1. The van der Waals surface area contributed by atoms with Gasteiger partial charge in [-0.3, -0.25) is 0 Å². The molecule has 8 heteroatoms. The number of nitrogens with zero attached hydrogens (tertiary/aromatic N) is 3. The minimum atomic E-state index is -3.03. The fourth-order valence-electron chi connectivity index (χ4n) is 2.58. The lowest BCUT2D eigenvalue weighted by molar-refractivity contribution is 0.0590. The molecule has 1 aliphatic heterocycles. The smallest absolute Gasteiger partial charge is 0.356 e. The summed E-state index contributed by atoms with van der Waals surface area (Å²) in [7, 11) is -1.73. The molecule has 0 radical (unpaired) electrons. The SMILES string of the molecule is COC(=O)c1cccc2nc(C3CCCS(=O)(=O)C3)nn12. The molecule has 0 bridgehead atoms. The number of carbonyl (C=O) groups excluding carboxylic acids is 1. The van der Waals surface area contributed by atoms with Crippen LogP contribution in [0.3, 0.4) is 0 Å². The number of hydrogen-bond donors (Lipinski definition) is 0. The lowest BCUT2D eigenvalue weighted by Gasteiger charge is -2.18. The summed E-state index contributed by atoms with van der Waals surface area (Å²) in [6.07, 6.45) is 1.36. The normalized spacial score (nSPS) is 21.3. The van der Waals surface area contributed by atoms with E-state index in [9.17, 15) is 13.2 Å². The zero-order chi connectivity index (χ0) is 15.0. The van der Waals surface area contributed by atoms with Crippen LogP contribution in [0.2, 0.25) is 0 Å². The van der Waals surface area contributed by atoms with Crippen LogP contribution < -0.4 is 0 Å². The van der Waals surface area contributed by atoms with E-state index in [0.717, 1.165) is 6.42 Å². The molecule has 7 nitrogen and oxygen atoms in total. The minimum Gasteiger partial charge on any atom is -0.464 e. The van der Waals surface area contributed by atoms with Crippen molar-refractivity contribution >= 4 is 21.5 Å². The first kappa shape index (κ1) is 14.0. The number of ether oxygens (including phenoxy) is 1. The minimum absolute atomic E-state index is 0.0669. The second kappa shape index (κ2) is 5.10. The molecule has 3 rings (SSSR count). The Bertz CT molecular complexity index is 797. The van der Waals surface area contributed by atoms with Crippen molar-refractivity contribution in [1.29, 1.82) is 0 Å². The van der Waals surface area contributed by atoms with Crippen LogP contribution in [0, 0.1) is 0 Å². The number of sulfone groups is 1. The molecule has 3 heterocycles. The summed E-state index contributed by atoms with van der Waals surface area (Å²) in [5.41, 5.74) is 0.781. The first-order valence-corrected chi connectivity index (χ1v) is 8.47. The first-order chi connectivity index (χ1) is 10.00. The molecule has 0 amide bonds. The Morgan fingerprint density at radius 2 is 2.24 bits per heavy atom. The van der Waals surface area contributed by atoms with Gasteiger partial charge in [-0.05, 0) is 25.0 Å². The van der Waals surface area contributed by atoms with Gasteiger partial charge in [-0.15, -0.1) is 0 Å². The molecule has 0 saturated carbocycles. The van der Waals surface area contributed by atoms with E-state index in [1.54, 1.807) is 18.2 Å². The van der Waals surface area contributed by atoms with Crippen LogP contribution >= 0.6 is 0 Å². The monoisotopic (exact) mass is 309 g/mol. The Balaban J connectivity index is 2.03. The number of aromatic nitrogens is 3. The van der Waals surface area contributed by atoms with E-state index < -0.39 is 15.8 Å². The molecule has 1 fully saturated rings. The van der Waals surface area contributed by atoms with Crippen LogP contribution in [-0.2, 0) is 14.6 Å². The fourth-order valence-corrected chi connectivity index (χ4v) is 4.28. The van der Waals surface area contributed by atoms with E-state index in [1.165, 1.54) is 11.6 Å². The second-order valence-electron chi connectivity index (χ2n) is 5.10. The van der Waals surface area contributed by atoms with Gasteiger partial charge in [0.25, 0.3) is 0 Å². The van der Waals surface area contributed by atoms with Gasteiger partial charge in [-0.1, -0.05) is 6.07 Å². The van der Waals surface area contributed by atoms with Crippen molar-refractivity contribution in [1.82, 2.24) is 14.6 Å². The van der Waals surface area contributed by atoms with Gasteiger partial charge in [0.05, 0.1) is 18.6 Å². The predicted molar refractivity (Wildman–Crippen MR) is 75.0 cm³/mol. The van der Waals surface area contributed by atoms with Gasteiger partial charge in [0.15, 0.2) is 27.0 Å². The number of hydrogen-bond acceptors (Lipinski definition) is 6. The van der Waals surface area contributed by atoms with Crippen LogP contribution in [0.25, 0.3) is 5.65 Å². The Kier molecular flexibility index (Phi) is 3.40. The Labute approximate surface area is 121 Å². The third kappa shape index (κ3) is 2.63. The molecular weight excluding hydrogens is 294 g/mol. The third-order valence-corrected chi connectivity index (χ3v) is 5.42. The number of esters is 1. The summed E-state index contributed by atoms with van der Waals surface area (Å²) >= 11 is 0. The molecule has 0 N–H and O–H groups in total. The topological polar surface area (TPSA) is 90.6 Å². The van der Waals surface area contributed by atoms with Crippen LogP contribution in [-0.4, -0.2) is 47.6 Å². The molecular formula is C13H15N3O4S. The van der Waals surface area contributed by atoms with Crippen LogP contribution in [0.4, 0.5) is 0 Å². The van der Waals surface area contributed by atoms with Crippen LogP contribution in [0.5, 0.6) is 0 Å². The van der Waals surface area contributed by atoms with Gasteiger partial charge in [0, 0.05) is 5.92 Å². The van der Waals surface area contributed by atoms with E-state index in [0.29, 0.717) is 17.9 Å². The summed E-state index contributed by atoms with van der Waals surface area (Å²) < 4.78 is 29.6. The highest BCUT2D eigenvalue weighted by Gasteiger charge is 2.29. The molecule has 2 aromatic heterocycles. The van der Waals surface area contributed by atoms with Crippen molar-refractivity contribution in [3.8, 4) is 0 Å². The summed E-state index contributed by atoms with van der Waals surface area (Å²) in [6, 6.07) is 5.01. The van der Waals surface area contributed by atoms with Gasteiger partial charge in [0.2, 0.25) is 0 Å². The van der Waals surface area contributed by atoms with Gasteiger partial charge in [0.1, 0.15) is 0 Å². The fraction of sp³-hybridized carbons (Fsp3) is 0.462. The first-order valence-electron chi connectivity index (χ1n) is 6.64. The molecule has 1 aliphatic rings. The largest absolute Gasteiger partial charge is 0.464 e. The van der Waals surface area contributed by atoms with E-state index in [-0.39, 0.29) is 23.1 Å². The summed E-state index contributed by atoms with van der Waals surface area (Å²) in [5.74, 6) is 0.0407.